The maximum absolute atomic E-state index is 10.6. The Morgan fingerprint density at radius 2 is 1.75 bits per heavy atom. The van der Waals surface area contributed by atoms with Crippen LogP contribution in [0.15, 0.2) is 18.2 Å². The number of aliphatic hydroxyl groups excluding tert-OH is 1. The molecule has 0 bridgehead atoms. The molecule has 0 saturated carbocycles. The minimum Gasteiger partial charge on any atom is -0.486 e. The van der Waals surface area contributed by atoms with Crippen molar-refractivity contribution >= 4 is 0 Å². The van der Waals surface area contributed by atoms with Gasteiger partial charge >= 0.3 is 0 Å². The average molecular weight is 279 g/mol. The van der Waals surface area contributed by atoms with Crippen molar-refractivity contribution in [1.29, 1.82) is 0 Å². The van der Waals surface area contributed by atoms with Crippen LogP contribution in [-0.4, -0.2) is 55.6 Å². The van der Waals surface area contributed by atoms with Crippen molar-refractivity contribution in [1.82, 2.24) is 4.90 Å². The molecule has 1 N–H and O–H groups in total. The number of hydrogen-bond acceptors (Lipinski definition) is 5. The third-order valence-corrected chi connectivity index (χ3v) is 3.99. The van der Waals surface area contributed by atoms with Crippen LogP contribution in [0, 0.1) is 0 Å². The molecular weight excluding hydrogens is 258 g/mol. The highest BCUT2D eigenvalue weighted by molar-refractivity contribution is 5.44. The largest absolute Gasteiger partial charge is 0.486 e. The molecule has 1 aromatic carbocycles. The second kappa shape index (κ2) is 5.99. The summed E-state index contributed by atoms with van der Waals surface area (Å²) in [5.41, 5.74) is 0.869. The molecule has 2 aliphatic rings. The lowest BCUT2D eigenvalue weighted by atomic mass is 10.0. The van der Waals surface area contributed by atoms with E-state index >= 15 is 0 Å². The second-order valence-electron chi connectivity index (χ2n) is 5.24. The first-order valence-corrected chi connectivity index (χ1v) is 7.15. The lowest BCUT2D eigenvalue weighted by molar-refractivity contribution is -0.0167. The molecule has 0 radical (unpaired) electrons. The van der Waals surface area contributed by atoms with E-state index in [4.69, 9.17) is 14.2 Å². The predicted octanol–water partition coefficient (Wildman–Crippen LogP) is 1.21. The van der Waals surface area contributed by atoms with Crippen LogP contribution in [0.3, 0.4) is 0 Å². The normalized spacial score (nSPS) is 22.3. The van der Waals surface area contributed by atoms with Gasteiger partial charge < -0.3 is 19.3 Å². The van der Waals surface area contributed by atoms with Crippen LogP contribution in [0.25, 0.3) is 0 Å². The van der Waals surface area contributed by atoms with Crippen molar-refractivity contribution in [2.75, 3.05) is 39.5 Å². The average Bonchev–Trinajstić information content (AvgIpc) is 2.54. The number of fused-ring (bicyclic) bond motifs is 1. The van der Waals surface area contributed by atoms with E-state index < -0.39 is 6.10 Å². The van der Waals surface area contributed by atoms with E-state index in [0.29, 0.717) is 13.2 Å². The van der Waals surface area contributed by atoms with Gasteiger partial charge in [0.25, 0.3) is 0 Å². The van der Waals surface area contributed by atoms with Gasteiger partial charge in [-0.2, -0.15) is 0 Å². The zero-order valence-corrected chi connectivity index (χ0v) is 11.7. The van der Waals surface area contributed by atoms with Gasteiger partial charge in [-0.05, 0) is 24.6 Å². The number of hydrogen-bond donors (Lipinski definition) is 1. The second-order valence-corrected chi connectivity index (χ2v) is 5.24. The number of aliphatic hydroxyl groups is 1. The molecule has 110 valence electrons. The van der Waals surface area contributed by atoms with E-state index in [-0.39, 0.29) is 6.04 Å². The molecule has 1 aromatic rings. The Balaban J connectivity index is 1.74. The molecule has 1 fully saturated rings. The minimum absolute atomic E-state index is 0.0569. The van der Waals surface area contributed by atoms with Crippen molar-refractivity contribution in [2.24, 2.45) is 0 Å². The molecule has 5 nitrogen and oxygen atoms in total. The molecule has 2 heterocycles. The first-order valence-electron chi connectivity index (χ1n) is 7.15. The first kappa shape index (κ1) is 13.7. The molecule has 1 saturated heterocycles. The van der Waals surface area contributed by atoms with Gasteiger partial charge in [0.15, 0.2) is 11.5 Å². The van der Waals surface area contributed by atoms with E-state index in [0.717, 1.165) is 43.4 Å². The third-order valence-electron chi connectivity index (χ3n) is 3.99. The van der Waals surface area contributed by atoms with Crippen molar-refractivity contribution in [3.05, 3.63) is 23.8 Å². The summed E-state index contributed by atoms with van der Waals surface area (Å²) in [6, 6.07) is 5.73. The van der Waals surface area contributed by atoms with E-state index in [1.165, 1.54) is 0 Å². The Morgan fingerprint density at radius 3 is 2.50 bits per heavy atom. The van der Waals surface area contributed by atoms with Gasteiger partial charge in [0.1, 0.15) is 13.2 Å². The number of benzene rings is 1. The monoisotopic (exact) mass is 279 g/mol. The standard InChI is InChI=1S/C15H21NO4/c1-11(16-4-6-18-7-5-16)15(17)12-2-3-13-14(10-12)20-9-8-19-13/h2-3,10-11,15,17H,4-9H2,1H3. The van der Waals surface area contributed by atoms with Gasteiger partial charge in [-0.1, -0.05) is 6.07 Å². The molecule has 0 aromatic heterocycles. The summed E-state index contributed by atoms with van der Waals surface area (Å²) >= 11 is 0. The SMILES string of the molecule is CC(C(O)c1ccc2c(c1)OCCO2)N1CCOCC1. The predicted molar refractivity (Wildman–Crippen MR) is 74.2 cm³/mol. The van der Waals surface area contributed by atoms with E-state index in [1.54, 1.807) is 0 Å². The molecule has 2 atom stereocenters. The molecule has 2 aliphatic heterocycles. The summed E-state index contributed by atoms with van der Waals surface area (Å²) in [5, 5.41) is 10.6. The van der Waals surface area contributed by atoms with Crippen LogP contribution < -0.4 is 9.47 Å². The minimum atomic E-state index is -0.538. The van der Waals surface area contributed by atoms with E-state index in [1.807, 2.05) is 25.1 Å². The fraction of sp³-hybridized carbons (Fsp3) is 0.600. The molecular formula is C15H21NO4. The Bertz CT molecular complexity index is 459. The van der Waals surface area contributed by atoms with Gasteiger partial charge in [0, 0.05) is 19.1 Å². The van der Waals surface area contributed by atoms with Crippen LogP contribution in [0.4, 0.5) is 0 Å². The highest BCUT2D eigenvalue weighted by Crippen LogP contribution is 2.34. The zero-order chi connectivity index (χ0) is 13.9. The molecule has 0 aliphatic carbocycles. The molecule has 0 spiro atoms. The number of rotatable bonds is 3. The van der Waals surface area contributed by atoms with E-state index in [2.05, 4.69) is 4.90 Å². The molecule has 2 unspecified atom stereocenters. The highest BCUT2D eigenvalue weighted by Gasteiger charge is 2.25. The van der Waals surface area contributed by atoms with Crippen LogP contribution in [0.1, 0.15) is 18.6 Å². The smallest absolute Gasteiger partial charge is 0.161 e. The van der Waals surface area contributed by atoms with Gasteiger partial charge in [0.2, 0.25) is 0 Å². The van der Waals surface area contributed by atoms with Crippen molar-refractivity contribution in [2.45, 2.75) is 19.1 Å². The number of ether oxygens (including phenoxy) is 3. The van der Waals surface area contributed by atoms with Gasteiger partial charge in [0.05, 0.1) is 19.3 Å². The van der Waals surface area contributed by atoms with Gasteiger partial charge in [-0.3, -0.25) is 4.90 Å². The summed E-state index contributed by atoms with van der Waals surface area (Å²) < 4.78 is 16.4. The van der Waals surface area contributed by atoms with Crippen molar-refractivity contribution < 1.29 is 19.3 Å². The maximum atomic E-state index is 10.6. The van der Waals surface area contributed by atoms with Crippen LogP contribution in [0.2, 0.25) is 0 Å². The van der Waals surface area contributed by atoms with Crippen LogP contribution in [0.5, 0.6) is 11.5 Å². The Kier molecular flexibility index (Phi) is 4.10. The Hall–Kier alpha value is -1.30. The topological polar surface area (TPSA) is 51.2 Å². The summed E-state index contributed by atoms with van der Waals surface area (Å²) in [6.07, 6.45) is -0.538. The van der Waals surface area contributed by atoms with Crippen LogP contribution in [-0.2, 0) is 4.74 Å². The summed E-state index contributed by atoms with van der Waals surface area (Å²) in [5.74, 6) is 1.48. The fourth-order valence-corrected chi connectivity index (χ4v) is 2.71. The zero-order valence-electron chi connectivity index (χ0n) is 11.7. The van der Waals surface area contributed by atoms with Gasteiger partial charge in [-0.15, -0.1) is 0 Å². The first-order chi connectivity index (χ1) is 9.75. The lowest BCUT2D eigenvalue weighted by Crippen LogP contribution is -2.44. The Labute approximate surface area is 119 Å². The number of morpholine rings is 1. The van der Waals surface area contributed by atoms with Crippen molar-refractivity contribution in [3.63, 3.8) is 0 Å². The van der Waals surface area contributed by atoms with E-state index in [9.17, 15) is 5.11 Å². The Morgan fingerprint density at radius 1 is 1.05 bits per heavy atom. The molecule has 3 rings (SSSR count). The van der Waals surface area contributed by atoms with Gasteiger partial charge in [-0.25, -0.2) is 0 Å². The fourth-order valence-electron chi connectivity index (χ4n) is 2.71. The van der Waals surface area contributed by atoms with Crippen LogP contribution >= 0.6 is 0 Å². The summed E-state index contributed by atoms with van der Waals surface area (Å²) in [6.45, 7) is 6.39. The van der Waals surface area contributed by atoms with Crippen molar-refractivity contribution in [3.8, 4) is 11.5 Å². The molecule has 20 heavy (non-hydrogen) atoms. The lowest BCUT2D eigenvalue weighted by Gasteiger charge is -2.35. The highest BCUT2D eigenvalue weighted by atomic mass is 16.6. The third kappa shape index (κ3) is 2.75. The number of nitrogens with zero attached hydrogens (tertiary/aromatic N) is 1. The molecule has 5 heteroatoms. The molecule has 0 amide bonds. The summed E-state index contributed by atoms with van der Waals surface area (Å²) in [4.78, 5) is 2.25. The quantitative estimate of drug-likeness (QED) is 0.901. The maximum Gasteiger partial charge on any atom is 0.161 e. The summed E-state index contributed by atoms with van der Waals surface area (Å²) in [7, 11) is 0.